The van der Waals surface area contributed by atoms with Crippen LogP contribution < -0.4 is 10.2 Å². The van der Waals surface area contributed by atoms with Gasteiger partial charge in [0.2, 0.25) is 5.95 Å². The van der Waals surface area contributed by atoms with E-state index in [4.69, 9.17) is 0 Å². The first-order valence-corrected chi connectivity index (χ1v) is 8.51. The summed E-state index contributed by atoms with van der Waals surface area (Å²) in [6, 6.07) is 16.2. The zero-order valence-electron chi connectivity index (χ0n) is 13.6. The summed E-state index contributed by atoms with van der Waals surface area (Å²) in [5.41, 5.74) is 3.21. The Bertz CT molecular complexity index is 820. The monoisotopic (exact) mass is 383 g/mol. The Labute approximate surface area is 149 Å². The van der Waals surface area contributed by atoms with Crippen molar-refractivity contribution in [2.45, 2.75) is 13.8 Å². The lowest BCUT2D eigenvalue weighted by Crippen LogP contribution is -2.18. The molecule has 0 aliphatic carbocycles. The Kier molecular flexibility index (Phi) is 5.05. The minimum Gasteiger partial charge on any atom is -0.325 e. The number of nitrogens with zero attached hydrogens (tertiary/aromatic N) is 4. The third kappa shape index (κ3) is 3.89. The van der Waals surface area contributed by atoms with E-state index in [2.05, 4.69) is 73.4 Å². The van der Waals surface area contributed by atoms with Crippen molar-refractivity contribution in [3.05, 3.63) is 64.8 Å². The molecule has 0 aliphatic heterocycles. The number of rotatable bonds is 5. The third-order valence-electron chi connectivity index (χ3n) is 3.55. The maximum atomic E-state index is 4.60. The van der Waals surface area contributed by atoms with E-state index in [1.165, 1.54) is 5.56 Å². The maximum absolute atomic E-state index is 4.60. The van der Waals surface area contributed by atoms with Crippen molar-refractivity contribution >= 4 is 39.1 Å². The molecule has 0 aliphatic rings. The molecule has 1 heterocycles. The molecule has 122 valence electrons. The van der Waals surface area contributed by atoms with Crippen LogP contribution in [0.3, 0.4) is 0 Å². The molecular weight excluding hydrogens is 366 g/mol. The molecule has 0 fully saturated rings. The van der Waals surface area contributed by atoms with Gasteiger partial charge in [0.25, 0.3) is 0 Å². The molecule has 0 saturated carbocycles. The van der Waals surface area contributed by atoms with Crippen molar-refractivity contribution in [1.82, 2.24) is 15.2 Å². The Balaban J connectivity index is 1.87. The molecule has 0 amide bonds. The van der Waals surface area contributed by atoms with Gasteiger partial charge in [0.1, 0.15) is 0 Å². The zero-order valence-corrected chi connectivity index (χ0v) is 15.2. The number of halogens is 1. The highest BCUT2D eigenvalue weighted by Gasteiger charge is 2.11. The fraction of sp³-hybridized carbons (Fsp3) is 0.167. The maximum Gasteiger partial charge on any atom is 0.249 e. The number of benzene rings is 2. The highest BCUT2D eigenvalue weighted by molar-refractivity contribution is 9.10. The van der Waals surface area contributed by atoms with Crippen LogP contribution in [0, 0.1) is 6.92 Å². The molecule has 2 aromatic carbocycles. The summed E-state index contributed by atoms with van der Waals surface area (Å²) in [7, 11) is 0. The second kappa shape index (κ2) is 7.40. The zero-order chi connectivity index (χ0) is 16.9. The van der Waals surface area contributed by atoms with Crippen molar-refractivity contribution in [2.24, 2.45) is 0 Å². The average Bonchev–Trinajstić information content (AvgIpc) is 2.58. The van der Waals surface area contributed by atoms with Crippen LogP contribution in [0.4, 0.5) is 23.1 Å². The molecule has 0 atom stereocenters. The van der Waals surface area contributed by atoms with Gasteiger partial charge in [-0.3, -0.25) is 0 Å². The molecule has 5 nitrogen and oxygen atoms in total. The Morgan fingerprint density at radius 3 is 2.62 bits per heavy atom. The fourth-order valence-corrected chi connectivity index (χ4v) is 2.68. The van der Waals surface area contributed by atoms with E-state index in [1.54, 1.807) is 6.20 Å². The van der Waals surface area contributed by atoms with Crippen LogP contribution in [-0.4, -0.2) is 21.7 Å². The molecule has 0 bridgehead atoms. The number of nitrogens with one attached hydrogen (secondary N) is 1. The van der Waals surface area contributed by atoms with Gasteiger partial charge in [0.15, 0.2) is 5.82 Å². The molecule has 0 radical (unpaired) electrons. The summed E-state index contributed by atoms with van der Waals surface area (Å²) in [4.78, 5) is 6.70. The molecule has 0 unspecified atom stereocenters. The van der Waals surface area contributed by atoms with Gasteiger partial charge in [-0.15, -0.1) is 5.10 Å². The SMILES string of the molecule is CCN(c1cccc(C)c1)c1cnnc(Nc2ccc(Br)cc2)n1. The molecular formula is C18H18BrN5. The van der Waals surface area contributed by atoms with E-state index in [0.29, 0.717) is 5.95 Å². The summed E-state index contributed by atoms with van der Waals surface area (Å²) in [5, 5.41) is 11.3. The molecule has 1 N–H and O–H groups in total. The van der Waals surface area contributed by atoms with Gasteiger partial charge < -0.3 is 10.2 Å². The standard InChI is InChI=1S/C18H18BrN5/c1-3-24(16-6-4-5-13(2)11-16)17-12-20-23-18(22-17)21-15-9-7-14(19)8-10-15/h4-12H,3H2,1-2H3,(H,21,22,23). The topological polar surface area (TPSA) is 53.9 Å². The van der Waals surface area contributed by atoms with E-state index in [1.807, 2.05) is 30.3 Å². The van der Waals surface area contributed by atoms with Gasteiger partial charge in [0, 0.05) is 22.4 Å². The van der Waals surface area contributed by atoms with Crippen molar-refractivity contribution in [3.63, 3.8) is 0 Å². The summed E-state index contributed by atoms with van der Waals surface area (Å²) < 4.78 is 1.03. The first-order chi connectivity index (χ1) is 11.7. The lowest BCUT2D eigenvalue weighted by atomic mass is 10.2. The van der Waals surface area contributed by atoms with Crippen LogP contribution in [0.5, 0.6) is 0 Å². The molecule has 24 heavy (non-hydrogen) atoms. The second-order valence-corrected chi connectivity index (χ2v) is 6.27. The van der Waals surface area contributed by atoms with E-state index in [0.717, 1.165) is 28.2 Å². The van der Waals surface area contributed by atoms with Crippen molar-refractivity contribution < 1.29 is 0 Å². The molecule has 6 heteroatoms. The highest BCUT2D eigenvalue weighted by atomic mass is 79.9. The smallest absolute Gasteiger partial charge is 0.249 e. The quantitative estimate of drug-likeness (QED) is 0.682. The highest BCUT2D eigenvalue weighted by Crippen LogP contribution is 2.24. The summed E-state index contributed by atoms with van der Waals surface area (Å²) >= 11 is 3.42. The molecule has 0 spiro atoms. The number of aryl methyl sites for hydroxylation is 1. The van der Waals surface area contributed by atoms with Crippen LogP contribution in [0.1, 0.15) is 12.5 Å². The first kappa shape index (κ1) is 16.4. The van der Waals surface area contributed by atoms with Crippen LogP contribution in [0.2, 0.25) is 0 Å². The summed E-state index contributed by atoms with van der Waals surface area (Å²) in [6.07, 6.45) is 1.68. The Morgan fingerprint density at radius 2 is 1.92 bits per heavy atom. The van der Waals surface area contributed by atoms with Gasteiger partial charge >= 0.3 is 0 Å². The van der Waals surface area contributed by atoms with Crippen molar-refractivity contribution in [1.29, 1.82) is 0 Å². The van der Waals surface area contributed by atoms with E-state index < -0.39 is 0 Å². The first-order valence-electron chi connectivity index (χ1n) is 7.72. The normalized spacial score (nSPS) is 10.5. The van der Waals surface area contributed by atoms with Gasteiger partial charge in [-0.1, -0.05) is 28.1 Å². The number of anilines is 4. The fourth-order valence-electron chi connectivity index (χ4n) is 2.41. The van der Waals surface area contributed by atoms with Gasteiger partial charge in [0.05, 0.1) is 6.20 Å². The van der Waals surface area contributed by atoms with Gasteiger partial charge in [-0.05, 0) is 55.8 Å². The van der Waals surface area contributed by atoms with Crippen molar-refractivity contribution in [2.75, 3.05) is 16.8 Å². The van der Waals surface area contributed by atoms with Gasteiger partial charge in [-0.25, -0.2) is 0 Å². The van der Waals surface area contributed by atoms with Crippen LogP contribution >= 0.6 is 15.9 Å². The lowest BCUT2D eigenvalue weighted by molar-refractivity contribution is 0.921. The minimum absolute atomic E-state index is 0.473. The second-order valence-electron chi connectivity index (χ2n) is 5.35. The lowest BCUT2D eigenvalue weighted by Gasteiger charge is -2.22. The number of aromatic nitrogens is 3. The van der Waals surface area contributed by atoms with E-state index in [-0.39, 0.29) is 0 Å². The van der Waals surface area contributed by atoms with E-state index >= 15 is 0 Å². The summed E-state index contributed by atoms with van der Waals surface area (Å²) in [5.74, 6) is 1.23. The Hall–Kier alpha value is -2.47. The molecule has 3 rings (SSSR count). The van der Waals surface area contributed by atoms with Crippen molar-refractivity contribution in [3.8, 4) is 0 Å². The summed E-state index contributed by atoms with van der Waals surface area (Å²) in [6.45, 7) is 4.96. The van der Waals surface area contributed by atoms with Gasteiger partial charge in [-0.2, -0.15) is 10.1 Å². The van der Waals surface area contributed by atoms with Crippen LogP contribution in [0.25, 0.3) is 0 Å². The van der Waals surface area contributed by atoms with Crippen LogP contribution in [0.15, 0.2) is 59.2 Å². The molecule has 1 aromatic heterocycles. The predicted octanol–water partition coefficient (Wildman–Crippen LogP) is 4.84. The Morgan fingerprint density at radius 1 is 1.12 bits per heavy atom. The third-order valence-corrected chi connectivity index (χ3v) is 4.08. The predicted molar refractivity (Wildman–Crippen MR) is 101 cm³/mol. The molecule has 0 saturated heterocycles. The number of hydrogen-bond acceptors (Lipinski definition) is 5. The van der Waals surface area contributed by atoms with Crippen LogP contribution in [-0.2, 0) is 0 Å². The average molecular weight is 384 g/mol. The van der Waals surface area contributed by atoms with E-state index in [9.17, 15) is 0 Å². The minimum atomic E-state index is 0.473. The number of hydrogen-bond donors (Lipinski definition) is 1. The largest absolute Gasteiger partial charge is 0.325 e. The molecule has 3 aromatic rings.